The zero-order valence-electron chi connectivity index (χ0n) is 22.9. The van der Waals surface area contributed by atoms with Gasteiger partial charge in [-0.2, -0.15) is 10.3 Å². The predicted octanol–water partition coefficient (Wildman–Crippen LogP) is 4.04. The number of anilines is 1. The second-order valence-corrected chi connectivity index (χ2v) is 10.7. The zero-order chi connectivity index (χ0) is 27.5. The van der Waals surface area contributed by atoms with Gasteiger partial charge >= 0.3 is 0 Å². The number of likely N-dealkylation sites (N-methyl/N-ethyl adjacent to an activating group) is 1. The Morgan fingerprint density at radius 3 is 2.50 bits per heavy atom. The Hall–Kier alpha value is -4.38. The van der Waals surface area contributed by atoms with Gasteiger partial charge in [-0.15, -0.1) is 10.2 Å². The third-order valence-corrected chi connectivity index (χ3v) is 7.65. The number of imidazole rings is 1. The van der Waals surface area contributed by atoms with Gasteiger partial charge < -0.3 is 14.8 Å². The molecule has 0 spiro atoms. The normalized spacial score (nSPS) is 14.3. The number of hydrogen-bond donors (Lipinski definition) is 3. The van der Waals surface area contributed by atoms with E-state index in [2.05, 4.69) is 75.9 Å². The van der Waals surface area contributed by atoms with Crippen molar-refractivity contribution in [3.05, 3.63) is 70.3 Å². The molecule has 0 aliphatic heterocycles. The van der Waals surface area contributed by atoms with Crippen molar-refractivity contribution >= 4 is 16.9 Å². The molecule has 0 bridgehead atoms. The lowest BCUT2D eigenvalue weighted by molar-refractivity contribution is 0.420. The van der Waals surface area contributed by atoms with E-state index in [1.807, 2.05) is 32.3 Å². The molecule has 1 aliphatic carbocycles. The second kappa shape index (κ2) is 11.4. The Morgan fingerprint density at radius 2 is 1.77 bits per heavy atom. The van der Waals surface area contributed by atoms with E-state index in [4.69, 9.17) is 4.98 Å². The van der Waals surface area contributed by atoms with Crippen LogP contribution in [-0.2, 0) is 6.54 Å². The number of H-pyrrole nitrogens is 2. The number of aromatic amines is 2. The SMILES string of the molecule is CN(C)CCNc1n[nH]c(=O)c2c1nc(C1CCCCC1)n2Cc1ccc(-c2ccccc2-c2nn[nH]n2)cc1. The maximum Gasteiger partial charge on any atom is 0.290 e. The lowest BCUT2D eigenvalue weighted by Crippen LogP contribution is -2.22. The van der Waals surface area contributed by atoms with E-state index in [9.17, 15) is 4.79 Å². The van der Waals surface area contributed by atoms with Gasteiger partial charge in [-0.25, -0.2) is 10.1 Å². The summed E-state index contributed by atoms with van der Waals surface area (Å²) in [6.45, 7) is 2.11. The van der Waals surface area contributed by atoms with E-state index in [-0.39, 0.29) is 5.56 Å². The van der Waals surface area contributed by atoms with Crippen molar-refractivity contribution in [3.8, 4) is 22.5 Å². The van der Waals surface area contributed by atoms with Crippen LogP contribution in [0.2, 0.25) is 0 Å². The minimum Gasteiger partial charge on any atom is -0.365 e. The highest BCUT2D eigenvalue weighted by Gasteiger charge is 2.25. The highest BCUT2D eigenvalue weighted by atomic mass is 16.1. The Kier molecular flexibility index (Phi) is 7.37. The molecule has 1 fully saturated rings. The summed E-state index contributed by atoms with van der Waals surface area (Å²) in [6.07, 6.45) is 5.80. The summed E-state index contributed by atoms with van der Waals surface area (Å²) in [5.74, 6) is 2.50. The number of nitrogens with one attached hydrogen (secondary N) is 3. The summed E-state index contributed by atoms with van der Waals surface area (Å²) in [6, 6.07) is 16.5. The van der Waals surface area contributed by atoms with Gasteiger partial charge in [0, 0.05) is 31.1 Å². The lowest BCUT2D eigenvalue weighted by Gasteiger charge is -2.22. The van der Waals surface area contributed by atoms with Crippen LogP contribution in [0.4, 0.5) is 5.82 Å². The molecule has 0 amide bonds. The third-order valence-electron chi connectivity index (χ3n) is 7.65. The molecule has 2 aromatic carbocycles. The maximum absolute atomic E-state index is 13.2. The second-order valence-electron chi connectivity index (χ2n) is 10.7. The van der Waals surface area contributed by atoms with E-state index in [0.29, 0.717) is 41.7 Å². The van der Waals surface area contributed by atoms with Crippen molar-refractivity contribution in [2.75, 3.05) is 32.5 Å². The van der Waals surface area contributed by atoms with E-state index in [1.54, 1.807) is 0 Å². The van der Waals surface area contributed by atoms with Crippen molar-refractivity contribution in [2.24, 2.45) is 0 Å². The summed E-state index contributed by atoms with van der Waals surface area (Å²) in [5.41, 5.74) is 5.11. The van der Waals surface area contributed by atoms with Gasteiger partial charge in [-0.05, 0) is 48.8 Å². The van der Waals surface area contributed by atoms with Crippen molar-refractivity contribution in [2.45, 2.75) is 44.6 Å². The summed E-state index contributed by atoms with van der Waals surface area (Å²) < 4.78 is 2.12. The third kappa shape index (κ3) is 5.24. The van der Waals surface area contributed by atoms with E-state index in [1.165, 1.54) is 19.3 Å². The molecule has 0 radical (unpaired) electrons. The summed E-state index contributed by atoms with van der Waals surface area (Å²) in [5, 5.41) is 25.0. The molecule has 206 valence electrons. The number of aromatic nitrogens is 8. The Balaban J connectivity index is 1.36. The highest BCUT2D eigenvalue weighted by Crippen LogP contribution is 2.35. The minimum atomic E-state index is -0.214. The van der Waals surface area contributed by atoms with Crippen LogP contribution in [0.5, 0.6) is 0 Å². The van der Waals surface area contributed by atoms with Crippen LogP contribution in [0.15, 0.2) is 53.3 Å². The molecule has 3 aromatic heterocycles. The van der Waals surface area contributed by atoms with Crippen LogP contribution in [0.1, 0.15) is 49.4 Å². The van der Waals surface area contributed by atoms with Crippen molar-refractivity contribution in [1.29, 1.82) is 0 Å². The Morgan fingerprint density at radius 1 is 1.00 bits per heavy atom. The molecular formula is C29H34N10O. The monoisotopic (exact) mass is 538 g/mol. The van der Waals surface area contributed by atoms with Gasteiger partial charge in [-0.3, -0.25) is 4.79 Å². The van der Waals surface area contributed by atoms with Gasteiger partial charge in [0.15, 0.2) is 5.82 Å². The van der Waals surface area contributed by atoms with Crippen LogP contribution in [0.3, 0.4) is 0 Å². The van der Waals surface area contributed by atoms with E-state index >= 15 is 0 Å². The predicted molar refractivity (Wildman–Crippen MR) is 155 cm³/mol. The quantitative estimate of drug-likeness (QED) is 0.256. The number of rotatable bonds is 9. The number of nitrogens with zero attached hydrogens (tertiary/aromatic N) is 7. The molecule has 3 heterocycles. The average Bonchev–Trinajstić information content (AvgIpc) is 3.65. The molecule has 11 nitrogen and oxygen atoms in total. The molecule has 5 aromatic rings. The molecule has 1 saturated carbocycles. The summed E-state index contributed by atoms with van der Waals surface area (Å²) >= 11 is 0. The fraction of sp³-hybridized carbons (Fsp3) is 0.379. The molecule has 6 rings (SSSR count). The van der Waals surface area contributed by atoms with Crippen molar-refractivity contribution in [3.63, 3.8) is 0 Å². The van der Waals surface area contributed by atoms with Gasteiger partial charge in [0.25, 0.3) is 5.56 Å². The minimum absolute atomic E-state index is 0.214. The molecule has 3 N–H and O–H groups in total. The van der Waals surface area contributed by atoms with Gasteiger partial charge in [0.05, 0.1) is 0 Å². The fourth-order valence-electron chi connectivity index (χ4n) is 5.61. The summed E-state index contributed by atoms with van der Waals surface area (Å²) in [7, 11) is 4.06. The number of fused-ring (bicyclic) bond motifs is 1. The van der Waals surface area contributed by atoms with Crippen molar-refractivity contribution in [1.82, 2.24) is 45.3 Å². The molecule has 1 aliphatic rings. The number of hydrogen-bond acceptors (Lipinski definition) is 8. The van der Waals surface area contributed by atoms with Gasteiger partial charge in [-0.1, -0.05) is 67.8 Å². The highest BCUT2D eigenvalue weighted by molar-refractivity contribution is 5.86. The molecular weight excluding hydrogens is 504 g/mol. The smallest absolute Gasteiger partial charge is 0.290 e. The van der Waals surface area contributed by atoms with Crippen LogP contribution >= 0.6 is 0 Å². The zero-order valence-corrected chi connectivity index (χ0v) is 22.9. The first-order valence-corrected chi connectivity index (χ1v) is 13.9. The molecule has 0 atom stereocenters. The van der Waals surface area contributed by atoms with Crippen LogP contribution in [-0.4, -0.2) is 72.5 Å². The first-order valence-electron chi connectivity index (χ1n) is 13.9. The Bertz CT molecular complexity index is 1630. The van der Waals surface area contributed by atoms with Crippen LogP contribution in [0.25, 0.3) is 33.5 Å². The van der Waals surface area contributed by atoms with Crippen LogP contribution < -0.4 is 10.9 Å². The molecule has 11 heteroatoms. The maximum atomic E-state index is 13.2. The van der Waals surface area contributed by atoms with Crippen LogP contribution in [0, 0.1) is 0 Å². The van der Waals surface area contributed by atoms with E-state index < -0.39 is 0 Å². The number of benzene rings is 2. The largest absolute Gasteiger partial charge is 0.365 e. The Labute approximate surface area is 232 Å². The molecule has 0 unspecified atom stereocenters. The summed E-state index contributed by atoms with van der Waals surface area (Å²) in [4.78, 5) is 20.4. The standard InChI is InChI=1S/C29H34N10O/c1-38(2)17-16-30-27-24-25(29(40)35-32-27)39(28(31-24)21-8-4-3-5-9-21)18-19-12-14-20(15-13-19)22-10-6-7-11-23(22)26-33-36-37-34-26/h6-7,10-15,21H,3-5,8-9,16-18H2,1-2H3,(H,30,32)(H,35,40)(H,33,34,36,37). The molecule has 0 saturated heterocycles. The van der Waals surface area contributed by atoms with E-state index in [0.717, 1.165) is 47.5 Å². The first-order chi connectivity index (χ1) is 19.6. The number of tetrazole rings is 1. The van der Waals surface area contributed by atoms with Gasteiger partial charge in [0.2, 0.25) is 5.82 Å². The molecule has 40 heavy (non-hydrogen) atoms. The van der Waals surface area contributed by atoms with Gasteiger partial charge in [0.1, 0.15) is 16.9 Å². The average molecular weight is 539 g/mol. The topological polar surface area (TPSA) is 133 Å². The lowest BCUT2D eigenvalue weighted by atomic mass is 9.88. The first kappa shape index (κ1) is 25.9. The fourth-order valence-corrected chi connectivity index (χ4v) is 5.61. The van der Waals surface area contributed by atoms with Crippen molar-refractivity contribution < 1.29 is 0 Å².